The van der Waals surface area contributed by atoms with E-state index < -0.39 is 31.9 Å². The number of urea groups is 1. The molecule has 0 atom stereocenters. The second-order valence-electron chi connectivity index (χ2n) is 6.98. The van der Waals surface area contributed by atoms with Crippen LogP contribution in [0.4, 0.5) is 10.5 Å². The first-order valence-corrected chi connectivity index (χ1v) is 13.2. The van der Waals surface area contributed by atoms with Crippen LogP contribution in [0.1, 0.15) is 35.7 Å². The van der Waals surface area contributed by atoms with Crippen LogP contribution in [0, 0.1) is 6.92 Å². The molecule has 0 fully saturated rings. The molecule has 0 aliphatic heterocycles. The van der Waals surface area contributed by atoms with E-state index in [0.717, 1.165) is 5.56 Å². The Hall–Kier alpha value is -2.92. The molecule has 0 radical (unpaired) electrons. The van der Waals surface area contributed by atoms with Crippen LogP contribution in [-0.4, -0.2) is 46.9 Å². The van der Waals surface area contributed by atoms with E-state index in [0.29, 0.717) is 12.8 Å². The highest BCUT2D eigenvalue weighted by Crippen LogP contribution is 2.17. The van der Waals surface area contributed by atoms with Gasteiger partial charge < -0.3 is 10.1 Å². The molecule has 0 saturated carbocycles. The normalized spacial score (nSPS) is 11.6. The summed E-state index contributed by atoms with van der Waals surface area (Å²) in [7, 11) is -7.17. The van der Waals surface area contributed by atoms with Crippen molar-refractivity contribution in [2.75, 3.05) is 23.4 Å². The first-order chi connectivity index (χ1) is 15.0. The summed E-state index contributed by atoms with van der Waals surface area (Å²) < 4.78 is 54.7. The second kappa shape index (κ2) is 11.1. The summed E-state index contributed by atoms with van der Waals surface area (Å²) >= 11 is 0. The van der Waals surface area contributed by atoms with Crippen LogP contribution in [0.5, 0.6) is 0 Å². The highest BCUT2D eigenvalue weighted by molar-refractivity contribution is 7.91. The van der Waals surface area contributed by atoms with E-state index in [1.54, 1.807) is 36.4 Å². The van der Waals surface area contributed by atoms with E-state index in [4.69, 9.17) is 4.74 Å². The summed E-state index contributed by atoms with van der Waals surface area (Å²) in [5, 5.41) is 2.32. The van der Waals surface area contributed by atoms with E-state index >= 15 is 0 Å². The smallest absolute Gasteiger partial charge is 0.340 e. The Morgan fingerprint density at radius 1 is 0.938 bits per heavy atom. The molecule has 2 aromatic carbocycles. The van der Waals surface area contributed by atoms with Crippen molar-refractivity contribution in [3.63, 3.8) is 0 Å². The zero-order chi connectivity index (χ0) is 23.8. The lowest BCUT2D eigenvalue weighted by atomic mass is 10.2. The number of anilines is 1. The maximum atomic E-state index is 12.4. The predicted molar refractivity (Wildman–Crippen MR) is 121 cm³/mol. The average Bonchev–Trinajstić information content (AvgIpc) is 2.73. The monoisotopic (exact) mass is 482 g/mol. The van der Waals surface area contributed by atoms with Gasteiger partial charge in [-0.05, 0) is 51.0 Å². The van der Waals surface area contributed by atoms with Crippen molar-refractivity contribution in [1.29, 1.82) is 0 Å². The van der Waals surface area contributed by atoms with Crippen molar-refractivity contribution in [3.05, 3.63) is 59.7 Å². The van der Waals surface area contributed by atoms with Gasteiger partial charge in [0.05, 0.1) is 34.3 Å². The Bertz CT molecular complexity index is 1160. The van der Waals surface area contributed by atoms with Crippen LogP contribution < -0.4 is 10.0 Å². The predicted octanol–water partition coefficient (Wildman–Crippen LogP) is 2.88. The van der Waals surface area contributed by atoms with Crippen LogP contribution in [0.2, 0.25) is 0 Å². The molecule has 0 aliphatic carbocycles. The summed E-state index contributed by atoms with van der Waals surface area (Å²) in [4.78, 5) is 24.5. The molecule has 2 amide bonds. The van der Waals surface area contributed by atoms with Crippen LogP contribution in [0.3, 0.4) is 0 Å². The van der Waals surface area contributed by atoms with Gasteiger partial charge in [-0.25, -0.2) is 31.1 Å². The minimum Gasteiger partial charge on any atom is -0.462 e. The number of amides is 2. The van der Waals surface area contributed by atoms with Gasteiger partial charge in [-0.3, -0.25) is 0 Å². The first-order valence-electron chi connectivity index (χ1n) is 9.91. The molecule has 0 spiro atoms. The Morgan fingerprint density at radius 2 is 1.59 bits per heavy atom. The fourth-order valence-corrected chi connectivity index (χ4v) is 4.48. The lowest BCUT2D eigenvalue weighted by Gasteiger charge is -2.11. The van der Waals surface area contributed by atoms with Crippen molar-refractivity contribution in [3.8, 4) is 0 Å². The van der Waals surface area contributed by atoms with Gasteiger partial charge in [0.2, 0.25) is 10.0 Å². The number of benzene rings is 2. The lowest BCUT2D eigenvalue weighted by molar-refractivity contribution is 0.0501. The maximum absolute atomic E-state index is 12.4. The molecule has 32 heavy (non-hydrogen) atoms. The number of hydrogen-bond acceptors (Lipinski definition) is 7. The summed E-state index contributed by atoms with van der Waals surface area (Å²) in [6, 6.07) is 11.6. The van der Waals surface area contributed by atoms with Gasteiger partial charge in [-0.1, -0.05) is 29.8 Å². The zero-order valence-electron chi connectivity index (χ0n) is 17.8. The fraction of sp³-hybridized carbons (Fsp3) is 0.333. The van der Waals surface area contributed by atoms with E-state index in [1.807, 2.05) is 11.6 Å². The van der Waals surface area contributed by atoms with Gasteiger partial charge in [-0.15, -0.1) is 0 Å². The molecule has 0 heterocycles. The summed E-state index contributed by atoms with van der Waals surface area (Å²) in [6.45, 7) is 3.25. The van der Waals surface area contributed by atoms with Gasteiger partial charge in [0.15, 0.2) is 9.84 Å². The Morgan fingerprint density at radius 3 is 2.25 bits per heavy atom. The Kier molecular flexibility index (Phi) is 8.79. The number of carbonyl (C=O) groups excluding carboxylic acids is 2. The fourth-order valence-electron chi connectivity index (χ4n) is 2.63. The molecule has 0 aliphatic rings. The number of sulfone groups is 1. The third-order valence-corrected chi connectivity index (χ3v) is 7.52. The van der Waals surface area contributed by atoms with Crippen molar-refractivity contribution >= 4 is 37.5 Å². The number of unbranched alkanes of at least 4 members (excludes halogenated alkanes) is 1. The summed E-state index contributed by atoms with van der Waals surface area (Å²) in [5.74, 6) is -1.07. The third-order valence-electron chi connectivity index (χ3n) is 4.44. The SMILES string of the molecule is CCS(=O)(=O)NC(=O)Nc1ccccc1C(=O)OCCCCS(=O)(=O)c1ccc(C)cc1. The van der Waals surface area contributed by atoms with Crippen LogP contribution in [-0.2, 0) is 24.6 Å². The number of rotatable bonds is 10. The number of esters is 1. The zero-order valence-corrected chi connectivity index (χ0v) is 19.5. The lowest BCUT2D eigenvalue weighted by Crippen LogP contribution is -2.35. The molecule has 0 saturated heterocycles. The van der Waals surface area contributed by atoms with E-state index in [2.05, 4.69) is 5.32 Å². The number of sulfonamides is 1. The van der Waals surface area contributed by atoms with Gasteiger partial charge in [0.1, 0.15) is 0 Å². The number of hydrogen-bond donors (Lipinski definition) is 2. The number of aryl methyl sites for hydroxylation is 1. The minimum absolute atomic E-state index is 0.00695. The Balaban J connectivity index is 1.87. The topological polar surface area (TPSA) is 136 Å². The highest BCUT2D eigenvalue weighted by atomic mass is 32.2. The number of nitrogens with one attached hydrogen (secondary N) is 2. The standard InChI is InChI=1S/C21H26N2O7S2/c1-3-32(28,29)23-21(25)22-19-9-5-4-8-18(19)20(24)30-14-6-7-15-31(26,27)17-12-10-16(2)11-13-17/h4-5,8-13H,3,6-7,14-15H2,1-2H3,(H2,22,23,25). The molecule has 2 rings (SSSR count). The van der Waals surface area contributed by atoms with Crippen molar-refractivity contribution < 1.29 is 31.2 Å². The molecule has 2 N–H and O–H groups in total. The average molecular weight is 483 g/mol. The van der Waals surface area contributed by atoms with Gasteiger partial charge in [-0.2, -0.15) is 0 Å². The molecule has 9 nitrogen and oxygen atoms in total. The van der Waals surface area contributed by atoms with Crippen LogP contribution in [0.15, 0.2) is 53.4 Å². The van der Waals surface area contributed by atoms with Crippen molar-refractivity contribution in [1.82, 2.24) is 4.72 Å². The van der Waals surface area contributed by atoms with Crippen LogP contribution in [0.25, 0.3) is 0 Å². The van der Waals surface area contributed by atoms with E-state index in [9.17, 15) is 26.4 Å². The number of ether oxygens (including phenoxy) is 1. The largest absolute Gasteiger partial charge is 0.462 e. The molecule has 11 heteroatoms. The molecule has 0 bridgehead atoms. The van der Waals surface area contributed by atoms with Crippen molar-refractivity contribution in [2.24, 2.45) is 0 Å². The van der Waals surface area contributed by atoms with Crippen LogP contribution >= 0.6 is 0 Å². The van der Waals surface area contributed by atoms with Crippen molar-refractivity contribution in [2.45, 2.75) is 31.6 Å². The second-order valence-corrected chi connectivity index (χ2v) is 11.1. The molecule has 0 aromatic heterocycles. The Labute approximate surface area is 188 Å². The quantitative estimate of drug-likeness (QED) is 0.392. The molecule has 0 unspecified atom stereocenters. The van der Waals surface area contributed by atoms with Gasteiger partial charge in [0, 0.05) is 0 Å². The summed E-state index contributed by atoms with van der Waals surface area (Å²) in [6.07, 6.45) is 0.641. The highest BCUT2D eigenvalue weighted by Gasteiger charge is 2.18. The van der Waals surface area contributed by atoms with E-state index in [-0.39, 0.29) is 34.3 Å². The molecule has 2 aromatic rings. The maximum Gasteiger partial charge on any atom is 0.340 e. The first kappa shape index (κ1) is 25.3. The van der Waals surface area contributed by atoms with Gasteiger partial charge in [0.25, 0.3) is 0 Å². The number of carbonyl (C=O) groups is 2. The van der Waals surface area contributed by atoms with Gasteiger partial charge >= 0.3 is 12.0 Å². The third kappa shape index (κ3) is 7.65. The molecule has 174 valence electrons. The number of para-hydroxylation sites is 1. The molecular formula is C21H26N2O7S2. The summed E-state index contributed by atoms with van der Waals surface area (Å²) in [5.41, 5.74) is 1.10. The van der Waals surface area contributed by atoms with E-state index in [1.165, 1.54) is 19.1 Å². The minimum atomic E-state index is -3.75. The molecular weight excluding hydrogens is 456 g/mol.